The lowest BCUT2D eigenvalue weighted by atomic mass is 10.2. The van der Waals surface area contributed by atoms with E-state index in [4.69, 9.17) is 9.84 Å². The summed E-state index contributed by atoms with van der Waals surface area (Å²) in [5, 5.41) is 9.94. The van der Waals surface area contributed by atoms with Crippen LogP contribution in [0.2, 0.25) is 0 Å². The molecule has 1 aliphatic rings. The number of thiazole rings is 1. The van der Waals surface area contributed by atoms with Gasteiger partial charge in [-0.15, -0.1) is 11.3 Å². The number of aromatic nitrogens is 1. The number of aryl methyl sites for hydroxylation is 1. The Hall–Kier alpha value is -1.47. The number of carboxylic acids is 1. The Kier molecular flexibility index (Phi) is 3.93. The van der Waals surface area contributed by atoms with Crippen molar-refractivity contribution >= 4 is 23.2 Å². The van der Waals surface area contributed by atoms with Crippen LogP contribution in [0.4, 0.5) is 0 Å². The van der Waals surface area contributed by atoms with Gasteiger partial charge in [-0.25, -0.2) is 9.78 Å². The van der Waals surface area contributed by atoms with Gasteiger partial charge in [0.2, 0.25) is 0 Å². The van der Waals surface area contributed by atoms with Crippen LogP contribution >= 0.6 is 11.3 Å². The van der Waals surface area contributed by atoms with Crippen LogP contribution < -0.4 is 0 Å². The van der Waals surface area contributed by atoms with Crippen LogP contribution in [0.15, 0.2) is 6.20 Å². The molecule has 0 aromatic carbocycles. The van der Waals surface area contributed by atoms with Crippen LogP contribution in [0, 0.1) is 0 Å². The number of carbonyl (C=O) groups excluding carboxylic acids is 1. The van der Waals surface area contributed by atoms with Gasteiger partial charge >= 0.3 is 5.97 Å². The van der Waals surface area contributed by atoms with Crippen LogP contribution in [0.5, 0.6) is 0 Å². The van der Waals surface area contributed by atoms with Crippen molar-refractivity contribution < 1.29 is 19.4 Å². The number of rotatable bonds is 3. The summed E-state index contributed by atoms with van der Waals surface area (Å²) in [6.07, 6.45) is 2.28. The topological polar surface area (TPSA) is 79.7 Å². The molecular formula is C11H14N2O4S. The van der Waals surface area contributed by atoms with Crippen molar-refractivity contribution in [3.05, 3.63) is 16.1 Å². The van der Waals surface area contributed by atoms with E-state index in [0.717, 1.165) is 11.4 Å². The van der Waals surface area contributed by atoms with Crippen LogP contribution in [-0.4, -0.2) is 52.7 Å². The number of ether oxygens (including phenoxy) is 1. The second-order valence-electron chi connectivity index (χ2n) is 3.90. The van der Waals surface area contributed by atoms with Gasteiger partial charge in [-0.1, -0.05) is 6.92 Å². The molecule has 7 heteroatoms. The molecule has 0 spiro atoms. The fourth-order valence-electron chi connectivity index (χ4n) is 1.77. The summed E-state index contributed by atoms with van der Waals surface area (Å²) in [4.78, 5) is 29.2. The third-order valence-corrected chi connectivity index (χ3v) is 3.87. The highest BCUT2D eigenvalue weighted by Gasteiger charge is 2.33. The van der Waals surface area contributed by atoms with Crippen molar-refractivity contribution in [1.29, 1.82) is 0 Å². The minimum absolute atomic E-state index is 0.0422. The first-order valence-electron chi connectivity index (χ1n) is 5.69. The van der Waals surface area contributed by atoms with E-state index in [-0.39, 0.29) is 12.5 Å². The second-order valence-corrected chi connectivity index (χ2v) is 5.01. The third kappa shape index (κ3) is 2.51. The van der Waals surface area contributed by atoms with Gasteiger partial charge in [0.15, 0.2) is 6.04 Å². The molecule has 1 aromatic rings. The van der Waals surface area contributed by atoms with Gasteiger partial charge in [0.05, 0.1) is 24.4 Å². The average molecular weight is 270 g/mol. The molecule has 98 valence electrons. The number of carboxylic acid groups (broad SMARTS) is 1. The van der Waals surface area contributed by atoms with Crippen LogP contribution in [0.1, 0.15) is 21.6 Å². The number of morpholine rings is 1. The molecule has 18 heavy (non-hydrogen) atoms. The summed E-state index contributed by atoms with van der Waals surface area (Å²) < 4.78 is 5.10. The van der Waals surface area contributed by atoms with Crippen molar-refractivity contribution in [3.8, 4) is 0 Å². The third-order valence-electron chi connectivity index (χ3n) is 2.74. The smallest absolute Gasteiger partial charge is 0.328 e. The Morgan fingerprint density at radius 3 is 3.06 bits per heavy atom. The largest absolute Gasteiger partial charge is 0.480 e. The summed E-state index contributed by atoms with van der Waals surface area (Å²) in [6, 6.07) is -0.904. The van der Waals surface area contributed by atoms with Gasteiger partial charge < -0.3 is 14.7 Å². The molecule has 1 N–H and O–H groups in total. The molecule has 1 unspecified atom stereocenters. The summed E-state index contributed by atoms with van der Waals surface area (Å²) >= 11 is 1.31. The predicted octanol–water partition coefficient (Wildman–Crippen LogP) is 0.631. The monoisotopic (exact) mass is 270 g/mol. The summed E-state index contributed by atoms with van der Waals surface area (Å²) in [5.74, 6) is -1.31. The van der Waals surface area contributed by atoms with Gasteiger partial charge in [-0.05, 0) is 6.42 Å². The number of carbonyl (C=O) groups is 2. The maximum Gasteiger partial charge on any atom is 0.328 e. The van der Waals surface area contributed by atoms with E-state index in [1.807, 2.05) is 6.92 Å². The lowest BCUT2D eigenvalue weighted by molar-refractivity contribution is -0.147. The fraction of sp³-hybridized carbons (Fsp3) is 0.545. The Labute approximate surface area is 108 Å². The maximum absolute atomic E-state index is 12.2. The van der Waals surface area contributed by atoms with Crippen molar-refractivity contribution in [1.82, 2.24) is 9.88 Å². The molecule has 2 heterocycles. The summed E-state index contributed by atoms with van der Waals surface area (Å²) in [7, 11) is 0. The van der Waals surface area contributed by atoms with E-state index in [1.165, 1.54) is 22.4 Å². The van der Waals surface area contributed by atoms with Crippen molar-refractivity contribution in [2.24, 2.45) is 0 Å². The first-order valence-corrected chi connectivity index (χ1v) is 6.51. The molecule has 0 radical (unpaired) electrons. The molecule has 1 aliphatic heterocycles. The highest BCUT2D eigenvalue weighted by Crippen LogP contribution is 2.18. The van der Waals surface area contributed by atoms with Crippen LogP contribution in [-0.2, 0) is 16.0 Å². The molecule has 2 rings (SSSR count). The standard InChI is InChI=1S/C11H14N2O4S/c1-2-9-12-5-8(18-9)10(14)13-3-4-17-6-7(13)11(15)16/h5,7H,2-4,6H2,1H3,(H,15,16). The molecule has 1 amide bonds. The van der Waals surface area contributed by atoms with E-state index in [9.17, 15) is 9.59 Å². The highest BCUT2D eigenvalue weighted by atomic mass is 32.1. The van der Waals surface area contributed by atoms with Crippen molar-refractivity contribution in [2.75, 3.05) is 19.8 Å². The molecule has 6 nitrogen and oxygen atoms in total. The SMILES string of the molecule is CCc1ncc(C(=O)N2CCOCC2C(=O)O)s1. The Balaban J connectivity index is 2.17. The number of aliphatic carboxylic acids is 1. The molecule has 1 aromatic heterocycles. The normalized spacial score (nSPS) is 19.8. The Morgan fingerprint density at radius 2 is 2.44 bits per heavy atom. The van der Waals surface area contributed by atoms with Gasteiger partial charge in [0, 0.05) is 6.54 Å². The molecule has 0 aliphatic carbocycles. The van der Waals surface area contributed by atoms with Crippen molar-refractivity contribution in [3.63, 3.8) is 0 Å². The summed E-state index contributed by atoms with van der Waals surface area (Å²) in [5.41, 5.74) is 0. The van der Waals surface area contributed by atoms with Gasteiger partial charge in [0.1, 0.15) is 4.88 Å². The number of nitrogens with zero attached hydrogens (tertiary/aromatic N) is 2. The summed E-state index contributed by atoms with van der Waals surface area (Å²) in [6.45, 7) is 2.67. The first-order chi connectivity index (χ1) is 8.63. The molecule has 1 atom stereocenters. The van der Waals surface area contributed by atoms with E-state index in [0.29, 0.717) is 18.0 Å². The second kappa shape index (κ2) is 5.45. The van der Waals surface area contributed by atoms with E-state index in [2.05, 4.69) is 4.98 Å². The maximum atomic E-state index is 12.2. The highest BCUT2D eigenvalue weighted by molar-refractivity contribution is 7.13. The molecule has 1 saturated heterocycles. The lowest BCUT2D eigenvalue weighted by Crippen LogP contribution is -2.52. The Morgan fingerprint density at radius 1 is 1.67 bits per heavy atom. The van der Waals surface area contributed by atoms with Gasteiger partial charge in [-0.3, -0.25) is 4.79 Å². The first kappa shape index (κ1) is 13.0. The number of amides is 1. The van der Waals surface area contributed by atoms with E-state index < -0.39 is 12.0 Å². The lowest BCUT2D eigenvalue weighted by Gasteiger charge is -2.32. The minimum atomic E-state index is -1.04. The zero-order valence-electron chi connectivity index (χ0n) is 9.96. The zero-order chi connectivity index (χ0) is 13.1. The predicted molar refractivity (Wildman–Crippen MR) is 64.8 cm³/mol. The Bertz CT molecular complexity index is 460. The number of hydrogen-bond donors (Lipinski definition) is 1. The molecule has 0 saturated carbocycles. The van der Waals surface area contributed by atoms with Crippen molar-refractivity contribution in [2.45, 2.75) is 19.4 Å². The molecule has 1 fully saturated rings. The van der Waals surface area contributed by atoms with E-state index in [1.54, 1.807) is 0 Å². The minimum Gasteiger partial charge on any atom is -0.480 e. The zero-order valence-corrected chi connectivity index (χ0v) is 10.8. The molecule has 0 bridgehead atoms. The number of hydrogen-bond acceptors (Lipinski definition) is 5. The molecular weight excluding hydrogens is 256 g/mol. The van der Waals surface area contributed by atoms with Gasteiger partial charge in [-0.2, -0.15) is 0 Å². The van der Waals surface area contributed by atoms with Crippen LogP contribution in [0.3, 0.4) is 0 Å². The average Bonchev–Trinajstić information content (AvgIpc) is 2.86. The van der Waals surface area contributed by atoms with Gasteiger partial charge in [0.25, 0.3) is 5.91 Å². The van der Waals surface area contributed by atoms with Crippen LogP contribution in [0.25, 0.3) is 0 Å². The van der Waals surface area contributed by atoms with E-state index >= 15 is 0 Å². The quantitative estimate of drug-likeness (QED) is 0.871. The fourth-order valence-corrected chi connectivity index (χ4v) is 2.58.